The minimum absolute atomic E-state index is 0.722. The smallest absolute Gasteiger partial charge is 0.0591 e. The Morgan fingerprint density at radius 2 is 2.22 bits per heavy atom. The molecule has 3 heteroatoms. The Balaban J connectivity index is 1.48. The summed E-state index contributed by atoms with van der Waals surface area (Å²) in [4.78, 5) is 1.42. The highest BCUT2D eigenvalue weighted by molar-refractivity contribution is 7.09. The highest BCUT2D eigenvalue weighted by Gasteiger charge is 2.19. The Kier molecular flexibility index (Phi) is 6.18. The summed E-state index contributed by atoms with van der Waals surface area (Å²) in [6, 6.07) is 5.00. The van der Waals surface area contributed by atoms with E-state index in [2.05, 4.69) is 29.8 Å². The predicted octanol–water partition coefficient (Wildman–Crippen LogP) is 3.48. The van der Waals surface area contributed by atoms with Crippen molar-refractivity contribution in [1.82, 2.24) is 5.32 Å². The monoisotopic (exact) mass is 267 g/mol. The van der Waals surface area contributed by atoms with Crippen molar-refractivity contribution in [1.29, 1.82) is 0 Å². The Hall–Kier alpha value is -0.380. The normalized spacial score (nSPS) is 24.3. The highest BCUT2D eigenvalue weighted by atomic mass is 32.1. The van der Waals surface area contributed by atoms with Gasteiger partial charge in [0.05, 0.1) is 13.2 Å². The van der Waals surface area contributed by atoms with Crippen LogP contribution in [0.2, 0.25) is 0 Å². The van der Waals surface area contributed by atoms with Gasteiger partial charge in [-0.2, -0.15) is 0 Å². The molecule has 2 unspecified atom stereocenters. The zero-order chi connectivity index (χ0) is 12.6. The largest absolute Gasteiger partial charge is 0.380 e. The van der Waals surface area contributed by atoms with Gasteiger partial charge in [-0.3, -0.25) is 0 Å². The lowest BCUT2D eigenvalue weighted by Crippen LogP contribution is -2.39. The van der Waals surface area contributed by atoms with Gasteiger partial charge in [0.1, 0.15) is 0 Å². The van der Waals surface area contributed by atoms with Crippen molar-refractivity contribution < 1.29 is 4.74 Å². The maximum absolute atomic E-state index is 5.68. The number of nitrogens with one attached hydrogen (secondary N) is 1. The van der Waals surface area contributed by atoms with Crippen LogP contribution in [0.25, 0.3) is 0 Å². The molecule has 1 fully saturated rings. The van der Waals surface area contributed by atoms with Crippen molar-refractivity contribution in [3.05, 3.63) is 22.4 Å². The van der Waals surface area contributed by atoms with Crippen LogP contribution < -0.4 is 5.32 Å². The first-order valence-electron chi connectivity index (χ1n) is 7.20. The van der Waals surface area contributed by atoms with Gasteiger partial charge in [0.25, 0.3) is 0 Å². The van der Waals surface area contributed by atoms with Gasteiger partial charge in [-0.25, -0.2) is 0 Å². The second-order valence-electron chi connectivity index (χ2n) is 5.26. The summed E-state index contributed by atoms with van der Waals surface area (Å²) in [5, 5.41) is 5.77. The molecule has 2 nitrogen and oxygen atoms in total. The van der Waals surface area contributed by atoms with Gasteiger partial charge >= 0.3 is 0 Å². The van der Waals surface area contributed by atoms with Gasteiger partial charge in [-0.15, -0.1) is 11.3 Å². The number of hydrogen-bond acceptors (Lipinski definition) is 3. The number of thiophene rings is 1. The molecule has 1 aliphatic rings. The lowest BCUT2D eigenvalue weighted by atomic mass is 9.86. The summed E-state index contributed by atoms with van der Waals surface area (Å²) in [7, 11) is 0. The second-order valence-corrected chi connectivity index (χ2v) is 6.30. The molecule has 1 aliphatic carbocycles. The van der Waals surface area contributed by atoms with E-state index in [1.165, 1.54) is 30.6 Å². The standard InChI is InChI=1S/C15H25NOS/c1-13-5-2-3-7-15(13)16-9-11-17-10-8-14-6-4-12-18-14/h4,6,12-13,15-16H,2-3,5,7-11H2,1H3. The van der Waals surface area contributed by atoms with Crippen LogP contribution in [-0.2, 0) is 11.2 Å². The third kappa shape index (κ3) is 4.71. The molecule has 18 heavy (non-hydrogen) atoms. The summed E-state index contributed by atoms with van der Waals surface area (Å²) in [5.74, 6) is 0.838. The summed E-state index contributed by atoms with van der Waals surface area (Å²) in [6.07, 6.45) is 6.59. The zero-order valence-corrected chi connectivity index (χ0v) is 12.2. The topological polar surface area (TPSA) is 21.3 Å². The van der Waals surface area contributed by atoms with E-state index in [4.69, 9.17) is 4.74 Å². The molecule has 0 amide bonds. The van der Waals surface area contributed by atoms with E-state index < -0.39 is 0 Å². The van der Waals surface area contributed by atoms with Crippen molar-refractivity contribution in [3.8, 4) is 0 Å². The maximum Gasteiger partial charge on any atom is 0.0591 e. The number of rotatable bonds is 7. The van der Waals surface area contributed by atoms with E-state index >= 15 is 0 Å². The molecule has 1 heterocycles. The Labute approximate surface area is 115 Å². The second kappa shape index (κ2) is 7.93. The molecule has 1 N–H and O–H groups in total. The van der Waals surface area contributed by atoms with Gasteiger partial charge in [-0.1, -0.05) is 25.8 Å². The van der Waals surface area contributed by atoms with Crippen molar-refractivity contribution in [3.63, 3.8) is 0 Å². The third-order valence-electron chi connectivity index (χ3n) is 3.84. The first kappa shape index (κ1) is 14.0. The molecule has 1 saturated carbocycles. The fraction of sp³-hybridized carbons (Fsp3) is 0.733. The molecule has 2 rings (SSSR count). The molecule has 1 aromatic heterocycles. The molecule has 2 atom stereocenters. The average Bonchev–Trinajstić information content (AvgIpc) is 2.89. The Morgan fingerprint density at radius 1 is 1.33 bits per heavy atom. The van der Waals surface area contributed by atoms with Crippen LogP contribution in [-0.4, -0.2) is 25.8 Å². The van der Waals surface area contributed by atoms with Crippen LogP contribution in [0.15, 0.2) is 17.5 Å². The third-order valence-corrected chi connectivity index (χ3v) is 4.77. The van der Waals surface area contributed by atoms with E-state index in [0.717, 1.165) is 38.1 Å². The van der Waals surface area contributed by atoms with Gasteiger partial charge < -0.3 is 10.1 Å². The van der Waals surface area contributed by atoms with E-state index in [-0.39, 0.29) is 0 Å². The summed E-state index contributed by atoms with van der Waals surface area (Å²) >= 11 is 1.81. The predicted molar refractivity (Wildman–Crippen MR) is 78.3 cm³/mol. The molecular formula is C15H25NOS. The summed E-state index contributed by atoms with van der Waals surface area (Å²) in [5.41, 5.74) is 0. The van der Waals surface area contributed by atoms with Crippen molar-refractivity contribution in [2.24, 2.45) is 5.92 Å². The van der Waals surface area contributed by atoms with Gasteiger partial charge in [0.15, 0.2) is 0 Å². The van der Waals surface area contributed by atoms with Crippen molar-refractivity contribution in [2.45, 2.75) is 45.1 Å². The van der Waals surface area contributed by atoms with Gasteiger partial charge in [0, 0.05) is 23.9 Å². The van der Waals surface area contributed by atoms with Crippen LogP contribution in [0.1, 0.15) is 37.5 Å². The molecule has 0 radical (unpaired) electrons. The summed E-state index contributed by atoms with van der Waals surface area (Å²) in [6.45, 7) is 5.06. The molecule has 0 saturated heterocycles. The number of ether oxygens (including phenoxy) is 1. The van der Waals surface area contributed by atoms with Crippen LogP contribution in [0.5, 0.6) is 0 Å². The highest BCUT2D eigenvalue weighted by Crippen LogP contribution is 2.23. The van der Waals surface area contributed by atoms with Crippen LogP contribution in [0, 0.1) is 5.92 Å². The average molecular weight is 267 g/mol. The fourth-order valence-corrected chi connectivity index (χ4v) is 3.36. The molecule has 0 bridgehead atoms. The van der Waals surface area contributed by atoms with E-state index in [1.807, 2.05) is 11.3 Å². The Morgan fingerprint density at radius 3 is 3.00 bits per heavy atom. The quantitative estimate of drug-likeness (QED) is 0.764. The van der Waals surface area contributed by atoms with E-state index in [1.54, 1.807) is 0 Å². The van der Waals surface area contributed by atoms with E-state index in [0.29, 0.717) is 0 Å². The minimum Gasteiger partial charge on any atom is -0.380 e. The molecule has 0 aromatic carbocycles. The van der Waals surface area contributed by atoms with Gasteiger partial charge in [-0.05, 0) is 30.2 Å². The van der Waals surface area contributed by atoms with Crippen LogP contribution in [0.3, 0.4) is 0 Å². The molecule has 0 spiro atoms. The minimum atomic E-state index is 0.722. The van der Waals surface area contributed by atoms with Crippen molar-refractivity contribution >= 4 is 11.3 Å². The van der Waals surface area contributed by atoms with Gasteiger partial charge in [0.2, 0.25) is 0 Å². The fourth-order valence-electron chi connectivity index (χ4n) is 2.67. The maximum atomic E-state index is 5.68. The van der Waals surface area contributed by atoms with E-state index in [9.17, 15) is 0 Å². The number of hydrogen-bond donors (Lipinski definition) is 1. The Bertz CT molecular complexity index is 312. The lowest BCUT2D eigenvalue weighted by molar-refractivity contribution is 0.132. The molecular weight excluding hydrogens is 242 g/mol. The zero-order valence-electron chi connectivity index (χ0n) is 11.4. The molecule has 0 aliphatic heterocycles. The summed E-state index contributed by atoms with van der Waals surface area (Å²) < 4.78 is 5.68. The van der Waals surface area contributed by atoms with Crippen LogP contribution in [0.4, 0.5) is 0 Å². The molecule has 1 aromatic rings. The van der Waals surface area contributed by atoms with Crippen molar-refractivity contribution in [2.75, 3.05) is 19.8 Å². The SMILES string of the molecule is CC1CCCCC1NCCOCCc1cccs1. The lowest BCUT2D eigenvalue weighted by Gasteiger charge is -2.29. The molecule has 102 valence electrons. The first-order valence-corrected chi connectivity index (χ1v) is 8.08. The van der Waals surface area contributed by atoms with Crippen LogP contribution >= 0.6 is 11.3 Å². The first-order chi connectivity index (χ1) is 8.86.